The number of furan rings is 1. The first-order valence-corrected chi connectivity index (χ1v) is 8.92. The molecule has 0 bridgehead atoms. The second-order valence-corrected chi connectivity index (χ2v) is 6.22. The van der Waals surface area contributed by atoms with Gasteiger partial charge in [0.1, 0.15) is 5.76 Å². The lowest BCUT2D eigenvalue weighted by atomic mass is 10.3. The van der Waals surface area contributed by atoms with Crippen LogP contribution >= 0.6 is 35.3 Å². The Kier molecular flexibility index (Phi) is 10.7. The lowest BCUT2D eigenvalue weighted by molar-refractivity contribution is -0.140. The topological polar surface area (TPSA) is 71.7 Å². The summed E-state index contributed by atoms with van der Waals surface area (Å²) < 4.78 is 47.9. The van der Waals surface area contributed by atoms with Gasteiger partial charge >= 0.3 is 6.18 Å². The van der Waals surface area contributed by atoms with Gasteiger partial charge in [0.2, 0.25) is 0 Å². The Morgan fingerprint density at radius 1 is 1.30 bits per heavy atom. The number of aliphatic imine (C=N–C) groups is 1. The number of hydrogen-bond acceptors (Lipinski definition) is 5. The summed E-state index contributed by atoms with van der Waals surface area (Å²) in [6.07, 6.45) is -1.71. The molecule has 0 aliphatic carbocycles. The van der Waals surface area contributed by atoms with Crippen molar-refractivity contribution < 1.29 is 22.3 Å². The summed E-state index contributed by atoms with van der Waals surface area (Å²) in [6, 6.07) is 3.71. The summed E-state index contributed by atoms with van der Waals surface area (Å²) in [5.41, 5.74) is -0.844. The average Bonchev–Trinajstić information content (AvgIpc) is 3.25. The van der Waals surface area contributed by atoms with Gasteiger partial charge in [-0.15, -0.1) is 35.3 Å². The number of alkyl halides is 3. The Morgan fingerprint density at radius 3 is 2.63 bits per heavy atom. The van der Waals surface area contributed by atoms with E-state index < -0.39 is 11.9 Å². The summed E-state index contributed by atoms with van der Waals surface area (Å²) in [4.78, 5) is 7.96. The molecule has 2 heterocycles. The molecule has 0 aliphatic rings. The van der Waals surface area contributed by atoms with Crippen molar-refractivity contribution in [2.75, 3.05) is 33.4 Å². The maximum Gasteiger partial charge on any atom is 0.434 e. The van der Waals surface area contributed by atoms with Gasteiger partial charge in [0.25, 0.3) is 0 Å². The molecule has 27 heavy (non-hydrogen) atoms. The van der Waals surface area contributed by atoms with Crippen LogP contribution in [-0.4, -0.2) is 44.3 Å². The zero-order chi connectivity index (χ0) is 18.8. The first kappa shape index (κ1) is 23.7. The molecule has 0 radical (unpaired) electrons. The minimum atomic E-state index is -4.40. The summed E-state index contributed by atoms with van der Waals surface area (Å²) in [5, 5.41) is 7.71. The molecule has 152 valence electrons. The van der Waals surface area contributed by atoms with Crippen LogP contribution in [0.1, 0.15) is 16.5 Å². The molecule has 0 fully saturated rings. The van der Waals surface area contributed by atoms with Gasteiger partial charge in [0.15, 0.2) is 11.7 Å². The molecule has 2 N–H and O–H groups in total. The van der Waals surface area contributed by atoms with E-state index in [0.29, 0.717) is 50.0 Å². The van der Waals surface area contributed by atoms with Crippen LogP contribution in [0.25, 0.3) is 0 Å². The number of thiazole rings is 1. The summed E-state index contributed by atoms with van der Waals surface area (Å²) in [7, 11) is 1.59. The van der Waals surface area contributed by atoms with E-state index in [1.54, 1.807) is 13.4 Å². The lowest BCUT2D eigenvalue weighted by Crippen LogP contribution is -2.39. The number of aromatic nitrogens is 1. The molecule has 2 aromatic rings. The van der Waals surface area contributed by atoms with Crippen LogP contribution in [0.5, 0.6) is 0 Å². The predicted octanol–water partition coefficient (Wildman–Crippen LogP) is 3.34. The van der Waals surface area contributed by atoms with Crippen LogP contribution in [0.2, 0.25) is 0 Å². The average molecular weight is 518 g/mol. The van der Waals surface area contributed by atoms with Crippen molar-refractivity contribution >= 4 is 41.3 Å². The van der Waals surface area contributed by atoms with E-state index >= 15 is 0 Å². The van der Waals surface area contributed by atoms with Crippen LogP contribution in [0, 0.1) is 0 Å². The zero-order valence-electron chi connectivity index (χ0n) is 14.7. The molecule has 0 aliphatic heterocycles. The third kappa shape index (κ3) is 8.93. The molecule has 2 rings (SSSR count). The minimum absolute atomic E-state index is 0. The van der Waals surface area contributed by atoms with E-state index in [4.69, 9.17) is 9.15 Å². The van der Waals surface area contributed by atoms with Crippen molar-refractivity contribution in [3.8, 4) is 0 Å². The second kappa shape index (κ2) is 12.2. The number of nitrogens with one attached hydrogen (secondary N) is 2. The maximum atomic E-state index is 12.6. The fraction of sp³-hybridized carbons (Fsp3) is 0.500. The fourth-order valence-corrected chi connectivity index (χ4v) is 2.83. The molecule has 11 heteroatoms. The predicted molar refractivity (Wildman–Crippen MR) is 109 cm³/mol. The molecule has 0 atom stereocenters. The minimum Gasteiger partial charge on any atom is -0.469 e. The van der Waals surface area contributed by atoms with Crippen LogP contribution in [0.15, 0.2) is 33.2 Å². The number of hydrogen-bond donors (Lipinski definition) is 2. The SMILES string of the molecule is COCCN=C(NCCc1ccco1)NCCc1nc(C(F)(F)F)cs1.I. The quantitative estimate of drug-likeness (QED) is 0.231. The number of guanidine groups is 1. The van der Waals surface area contributed by atoms with Gasteiger partial charge in [-0.05, 0) is 12.1 Å². The number of methoxy groups -OCH3 is 1. The van der Waals surface area contributed by atoms with Crippen molar-refractivity contribution in [2.45, 2.75) is 19.0 Å². The van der Waals surface area contributed by atoms with Crippen molar-refractivity contribution in [2.24, 2.45) is 4.99 Å². The van der Waals surface area contributed by atoms with Gasteiger partial charge in [-0.25, -0.2) is 4.98 Å². The maximum absolute atomic E-state index is 12.6. The van der Waals surface area contributed by atoms with Crippen LogP contribution in [0.3, 0.4) is 0 Å². The van der Waals surface area contributed by atoms with Gasteiger partial charge in [0, 0.05) is 38.4 Å². The van der Waals surface area contributed by atoms with E-state index in [9.17, 15) is 13.2 Å². The Bertz CT molecular complexity index is 678. The van der Waals surface area contributed by atoms with Gasteiger partial charge in [-0.2, -0.15) is 13.2 Å². The normalized spacial score (nSPS) is 11.9. The molecule has 6 nitrogen and oxygen atoms in total. The van der Waals surface area contributed by atoms with E-state index in [-0.39, 0.29) is 24.0 Å². The van der Waals surface area contributed by atoms with Crippen molar-refractivity contribution in [3.63, 3.8) is 0 Å². The molecular formula is C16H22F3IN4O2S. The number of ether oxygens (including phenoxy) is 1. The summed E-state index contributed by atoms with van der Waals surface area (Å²) >= 11 is 1.00. The van der Waals surface area contributed by atoms with Crippen molar-refractivity contribution in [3.05, 3.63) is 40.2 Å². The number of halogens is 4. The molecule has 0 spiro atoms. The van der Waals surface area contributed by atoms with Crippen LogP contribution < -0.4 is 10.6 Å². The first-order chi connectivity index (χ1) is 12.5. The summed E-state index contributed by atoms with van der Waals surface area (Å²) in [6.45, 7) is 1.99. The first-order valence-electron chi connectivity index (χ1n) is 8.04. The highest BCUT2D eigenvalue weighted by Crippen LogP contribution is 2.29. The molecule has 0 saturated heterocycles. The van der Waals surface area contributed by atoms with Crippen LogP contribution in [0.4, 0.5) is 13.2 Å². The second-order valence-electron chi connectivity index (χ2n) is 5.28. The molecule has 0 amide bonds. The van der Waals surface area contributed by atoms with E-state index in [0.717, 1.165) is 22.5 Å². The van der Waals surface area contributed by atoms with E-state index in [1.807, 2.05) is 12.1 Å². The molecule has 2 aromatic heterocycles. The van der Waals surface area contributed by atoms with E-state index in [2.05, 4.69) is 20.6 Å². The third-order valence-electron chi connectivity index (χ3n) is 3.28. The number of rotatable bonds is 9. The summed E-state index contributed by atoms with van der Waals surface area (Å²) in [5.74, 6) is 1.43. The van der Waals surface area contributed by atoms with Crippen molar-refractivity contribution in [1.82, 2.24) is 15.6 Å². The van der Waals surface area contributed by atoms with Gasteiger partial charge in [0.05, 0.1) is 24.4 Å². The monoisotopic (exact) mass is 518 g/mol. The van der Waals surface area contributed by atoms with Gasteiger partial charge in [-0.1, -0.05) is 0 Å². The largest absolute Gasteiger partial charge is 0.469 e. The lowest BCUT2D eigenvalue weighted by Gasteiger charge is -2.11. The molecule has 0 unspecified atom stereocenters. The Balaban J connectivity index is 0.00000364. The smallest absolute Gasteiger partial charge is 0.434 e. The molecule has 0 aromatic carbocycles. The zero-order valence-corrected chi connectivity index (χ0v) is 17.9. The molecular weight excluding hydrogens is 496 g/mol. The highest BCUT2D eigenvalue weighted by atomic mass is 127. The van der Waals surface area contributed by atoms with Gasteiger partial charge in [-0.3, -0.25) is 4.99 Å². The highest BCUT2D eigenvalue weighted by Gasteiger charge is 2.33. The fourth-order valence-electron chi connectivity index (χ4n) is 2.03. The van der Waals surface area contributed by atoms with Crippen LogP contribution in [-0.2, 0) is 23.8 Å². The Hall–Kier alpha value is -1.34. The Labute approximate surface area is 176 Å². The van der Waals surface area contributed by atoms with Crippen molar-refractivity contribution in [1.29, 1.82) is 0 Å². The Morgan fingerprint density at radius 2 is 2.04 bits per heavy atom. The van der Waals surface area contributed by atoms with E-state index in [1.165, 1.54) is 0 Å². The highest BCUT2D eigenvalue weighted by molar-refractivity contribution is 14.0. The number of nitrogens with zero attached hydrogens (tertiary/aromatic N) is 2. The van der Waals surface area contributed by atoms with Gasteiger partial charge < -0.3 is 19.8 Å². The standard InChI is InChI=1S/C16H21F3N4O2S.HI/c1-24-10-8-22-15(20-6-4-12-3-2-9-25-12)21-7-5-14-23-13(11-26-14)16(17,18)19;/h2-3,9,11H,4-8,10H2,1H3,(H2,20,21,22);1H. The molecule has 0 saturated carbocycles. The third-order valence-corrected chi connectivity index (χ3v) is 4.19.